The molecule has 3 rings (SSSR count). The lowest BCUT2D eigenvalue weighted by atomic mass is 10.0. The van der Waals surface area contributed by atoms with Gasteiger partial charge in [-0.2, -0.15) is 0 Å². The molecule has 0 radical (unpaired) electrons. The largest absolute Gasteiger partial charge is 0.364 e. The Bertz CT molecular complexity index is 153. The van der Waals surface area contributed by atoms with E-state index in [-0.39, 0.29) is 0 Å². The Kier molecular flexibility index (Phi) is 1.84. The van der Waals surface area contributed by atoms with E-state index in [0.29, 0.717) is 0 Å². The van der Waals surface area contributed by atoms with E-state index in [1.54, 1.807) is 19.3 Å². The molecule has 0 saturated heterocycles. The van der Waals surface area contributed by atoms with Crippen molar-refractivity contribution in [2.45, 2.75) is 19.3 Å². The van der Waals surface area contributed by atoms with Gasteiger partial charge in [-0.05, 0) is 31.1 Å². The molecule has 2 saturated carbocycles. The second kappa shape index (κ2) is 2.84. The van der Waals surface area contributed by atoms with Gasteiger partial charge in [0.25, 0.3) is 0 Å². The van der Waals surface area contributed by atoms with Crippen molar-refractivity contribution in [2.75, 3.05) is 20.1 Å². The lowest BCUT2D eigenvalue weighted by Gasteiger charge is -2.04. The molecule has 2 aliphatic carbocycles. The van der Waals surface area contributed by atoms with Crippen LogP contribution in [0.5, 0.6) is 0 Å². The van der Waals surface area contributed by atoms with Gasteiger partial charge in [0.1, 0.15) is 0 Å². The number of likely N-dealkylation sites (N-methyl/N-ethyl adjacent to an activating group) is 1. The molecule has 2 fully saturated rings. The van der Waals surface area contributed by atoms with Crippen molar-refractivity contribution in [1.82, 2.24) is 4.90 Å². The zero-order valence-corrected chi connectivity index (χ0v) is 7.16. The lowest BCUT2D eigenvalue weighted by Crippen LogP contribution is -2.11. The van der Waals surface area contributed by atoms with Crippen molar-refractivity contribution in [3.63, 3.8) is 0 Å². The molecule has 2 heteroatoms. The first kappa shape index (κ1) is 7.14. The van der Waals surface area contributed by atoms with Gasteiger partial charge in [-0.25, -0.2) is 0 Å². The van der Waals surface area contributed by atoms with Crippen molar-refractivity contribution in [3.05, 3.63) is 0 Å². The molecule has 0 aromatic heterocycles. The summed E-state index contributed by atoms with van der Waals surface area (Å²) in [5, 5.41) is 0. The normalized spacial score (nSPS) is 37.0. The van der Waals surface area contributed by atoms with Crippen molar-refractivity contribution in [3.8, 4) is 0 Å². The molecule has 0 amide bonds. The molecule has 1 aliphatic heterocycles. The molecule has 11 heavy (non-hydrogen) atoms. The van der Waals surface area contributed by atoms with Gasteiger partial charge < -0.3 is 4.90 Å². The fraction of sp³-hybridized carbons (Fsp3) is 0.889. The minimum absolute atomic E-state index is 0.983. The van der Waals surface area contributed by atoms with Gasteiger partial charge >= 0.3 is 0 Å². The number of hydrogen-bond donors (Lipinski definition) is 0. The fourth-order valence-electron chi connectivity index (χ4n) is 1.65. The maximum atomic E-state index is 3.97. The van der Waals surface area contributed by atoms with Crippen LogP contribution in [0, 0.1) is 11.8 Å². The van der Waals surface area contributed by atoms with E-state index >= 15 is 0 Å². The van der Waals surface area contributed by atoms with Crippen LogP contribution in [-0.2, 0) is 0 Å². The van der Waals surface area contributed by atoms with E-state index in [1.165, 1.54) is 11.8 Å². The summed E-state index contributed by atoms with van der Waals surface area (Å²) in [5.74, 6) is 2.46. The average Bonchev–Trinajstić information content (AvgIpc) is 2.43. The van der Waals surface area contributed by atoms with Gasteiger partial charge in [-0.1, -0.05) is 0 Å². The van der Waals surface area contributed by atoms with Crippen molar-refractivity contribution < 1.29 is 0 Å². The van der Waals surface area contributed by atoms with E-state index in [2.05, 4.69) is 9.89 Å². The molecule has 2 unspecified atom stereocenters. The van der Waals surface area contributed by atoms with Crippen LogP contribution in [0.4, 0.5) is 0 Å². The van der Waals surface area contributed by atoms with Crippen molar-refractivity contribution in [1.29, 1.82) is 0 Å². The van der Waals surface area contributed by atoms with Gasteiger partial charge in [0.05, 0.1) is 12.9 Å². The summed E-state index contributed by atoms with van der Waals surface area (Å²) in [4.78, 5) is 6.03. The van der Waals surface area contributed by atoms with Gasteiger partial charge in [-0.15, -0.1) is 0 Å². The molecular weight excluding hydrogens is 136 g/mol. The highest BCUT2D eigenvalue weighted by atomic mass is 15.2. The van der Waals surface area contributed by atoms with E-state index in [0.717, 1.165) is 13.1 Å². The molecule has 1 heterocycles. The third-order valence-corrected chi connectivity index (χ3v) is 2.84. The Morgan fingerprint density at radius 2 is 2.09 bits per heavy atom. The first-order valence-corrected chi connectivity index (χ1v) is 4.56. The van der Waals surface area contributed by atoms with Crippen LogP contribution >= 0.6 is 0 Å². The smallest absolute Gasteiger partial charge is 0.0848 e. The zero-order chi connectivity index (χ0) is 7.68. The monoisotopic (exact) mass is 152 g/mol. The first-order chi connectivity index (χ1) is 5.36. The third-order valence-electron chi connectivity index (χ3n) is 2.84. The van der Waals surface area contributed by atoms with Crippen LogP contribution in [0.15, 0.2) is 4.99 Å². The number of nitrogens with zero attached hydrogens (tertiary/aromatic N) is 2. The molecule has 0 N–H and O–H groups in total. The second-order valence-corrected chi connectivity index (χ2v) is 3.84. The van der Waals surface area contributed by atoms with Gasteiger partial charge in [0.15, 0.2) is 0 Å². The minimum atomic E-state index is 0.983. The summed E-state index contributed by atoms with van der Waals surface area (Å²) in [5.41, 5.74) is 0. The third kappa shape index (κ3) is 1.73. The Balaban J connectivity index is 0.0000000880. The molecule has 62 valence electrons. The predicted molar refractivity (Wildman–Crippen MR) is 46.8 cm³/mol. The number of fused-ring (bicyclic) bond motifs is 1. The van der Waals surface area contributed by atoms with Crippen LogP contribution in [-0.4, -0.2) is 31.4 Å². The fourth-order valence-corrected chi connectivity index (χ4v) is 1.65. The van der Waals surface area contributed by atoms with Crippen molar-refractivity contribution in [2.24, 2.45) is 16.8 Å². The lowest BCUT2D eigenvalue weighted by molar-refractivity contribution is 0.468. The standard InChI is InChI=1S/C5H8.C4H8N2/c1-2-5-3-4(1)5;1-6-3-2-5-4-6/h4-5H,1-3H2;4H,2-3H2,1H3. The summed E-state index contributed by atoms with van der Waals surface area (Å²) >= 11 is 0. The predicted octanol–water partition coefficient (Wildman–Crippen LogP) is 1.38. The van der Waals surface area contributed by atoms with E-state index in [9.17, 15) is 0 Å². The molecule has 0 aromatic rings. The molecule has 0 bridgehead atoms. The summed E-state index contributed by atoms with van der Waals surface area (Å²) < 4.78 is 0. The quantitative estimate of drug-likeness (QED) is 0.512. The Morgan fingerprint density at radius 1 is 1.36 bits per heavy atom. The van der Waals surface area contributed by atoms with Gasteiger partial charge in [0, 0.05) is 13.6 Å². The number of hydrogen-bond acceptors (Lipinski definition) is 2. The van der Waals surface area contributed by atoms with Crippen LogP contribution < -0.4 is 0 Å². The summed E-state index contributed by atoms with van der Waals surface area (Å²) in [6.07, 6.45) is 6.56. The van der Waals surface area contributed by atoms with Gasteiger partial charge in [-0.3, -0.25) is 4.99 Å². The average molecular weight is 152 g/mol. The van der Waals surface area contributed by atoms with E-state index in [1.807, 2.05) is 13.4 Å². The summed E-state index contributed by atoms with van der Waals surface area (Å²) in [6.45, 7) is 2.08. The molecule has 3 aliphatic rings. The van der Waals surface area contributed by atoms with Crippen molar-refractivity contribution >= 4 is 6.34 Å². The van der Waals surface area contributed by atoms with E-state index < -0.39 is 0 Å². The number of aliphatic imine (C=N–C) groups is 1. The SMILES string of the molecule is C1CC2CC12.CN1C=NCC1. The van der Waals surface area contributed by atoms with E-state index in [4.69, 9.17) is 0 Å². The van der Waals surface area contributed by atoms with Crippen LogP contribution in [0.3, 0.4) is 0 Å². The highest BCUT2D eigenvalue weighted by Gasteiger charge is 2.44. The first-order valence-electron chi connectivity index (χ1n) is 4.56. The Labute approximate surface area is 68.3 Å². The van der Waals surface area contributed by atoms with Crippen LogP contribution in [0.25, 0.3) is 0 Å². The Hall–Kier alpha value is -0.530. The maximum Gasteiger partial charge on any atom is 0.0848 e. The molecule has 2 nitrogen and oxygen atoms in total. The molecule has 0 spiro atoms. The van der Waals surface area contributed by atoms with Crippen LogP contribution in [0.2, 0.25) is 0 Å². The highest BCUT2D eigenvalue weighted by molar-refractivity contribution is 5.56. The molecular formula is C9H16N2. The number of rotatable bonds is 0. The summed E-state index contributed by atoms with van der Waals surface area (Å²) in [6, 6.07) is 0. The highest BCUT2D eigenvalue weighted by Crippen LogP contribution is 2.55. The zero-order valence-electron chi connectivity index (χ0n) is 7.16. The second-order valence-electron chi connectivity index (χ2n) is 3.84. The molecule has 0 aromatic carbocycles. The van der Waals surface area contributed by atoms with Crippen LogP contribution in [0.1, 0.15) is 19.3 Å². The molecule has 2 atom stereocenters. The summed E-state index contributed by atoms with van der Waals surface area (Å²) in [7, 11) is 2.02. The van der Waals surface area contributed by atoms with Gasteiger partial charge in [0.2, 0.25) is 0 Å². The topological polar surface area (TPSA) is 15.6 Å². The maximum absolute atomic E-state index is 3.97. The minimum Gasteiger partial charge on any atom is -0.364 e. The Morgan fingerprint density at radius 3 is 2.18 bits per heavy atom.